The number of amides is 2. The van der Waals surface area contributed by atoms with Gasteiger partial charge in [-0.25, -0.2) is 8.42 Å². The van der Waals surface area contributed by atoms with Gasteiger partial charge in [0.05, 0.1) is 17.7 Å². The topological polar surface area (TPSA) is 114 Å². The van der Waals surface area contributed by atoms with Gasteiger partial charge in [0.25, 0.3) is 5.91 Å². The van der Waals surface area contributed by atoms with Crippen molar-refractivity contribution < 1.29 is 18.0 Å². The summed E-state index contributed by atoms with van der Waals surface area (Å²) in [5.41, 5.74) is 6.54. The van der Waals surface area contributed by atoms with Crippen LogP contribution in [0.4, 0.5) is 0 Å². The summed E-state index contributed by atoms with van der Waals surface area (Å²) in [6.45, 7) is 2.22. The van der Waals surface area contributed by atoms with E-state index in [0.29, 0.717) is 5.56 Å². The zero-order chi connectivity index (χ0) is 17.2. The van der Waals surface area contributed by atoms with Crippen molar-refractivity contribution >= 4 is 21.8 Å². The molecule has 1 aromatic heterocycles. The van der Waals surface area contributed by atoms with E-state index in [1.165, 1.54) is 15.4 Å². The summed E-state index contributed by atoms with van der Waals surface area (Å²) in [6, 6.07) is 3.38. The lowest BCUT2D eigenvalue weighted by atomic mass is 10.1. The van der Waals surface area contributed by atoms with Crippen molar-refractivity contribution in [1.29, 1.82) is 0 Å². The van der Waals surface area contributed by atoms with Crippen molar-refractivity contribution in [2.24, 2.45) is 11.7 Å². The fraction of sp³-hybridized carbons (Fsp3) is 0.500. The second-order valence-corrected chi connectivity index (χ2v) is 7.64. The fourth-order valence-corrected chi connectivity index (χ4v) is 3.29. The number of hydrogen-bond acceptors (Lipinski definition) is 5. The molecule has 126 valence electrons. The van der Waals surface area contributed by atoms with E-state index in [-0.39, 0.29) is 32.1 Å². The van der Waals surface area contributed by atoms with Gasteiger partial charge in [-0.2, -0.15) is 4.31 Å². The number of primary amides is 1. The molecule has 23 heavy (non-hydrogen) atoms. The number of carbonyl (C=O) groups excluding carboxylic acids is 2. The second kappa shape index (κ2) is 6.63. The molecule has 0 aromatic carbocycles. The van der Waals surface area contributed by atoms with Gasteiger partial charge in [-0.05, 0) is 19.1 Å². The van der Waals surface area contributed by atoms with Crippen LogP contribution in [0.2, 0.25) is 0 Å². The van der Waals surface area contributed by atoms with E-state index in [1.54, 1.807) is 12.1 Å². The van der Waals surface area contributed by atoms with Crippen molar-refractivity contribution in [3.05, 3.63) is 29.6 Å². The monoisotopic (exact) mass is 340 g/mol. The number of pyridine rings is 1. The number of carbonyl (C=O) groups is 2. The molecule has 1 aliphatic rings. The van der Waals surface area contributed by atoms with Gasteiger partial charge in [-0.1, -0.05) is 0 Å². The average Bonchev–Trinajstić information content (AvgIpc) is 2.70. The average molecular weight is 340 g/mol. The molecule has 2 heterocycles. The van der Waals surface area contributed by atoms with E-state index >= 15 is 0 Å². The molecule has 0 radical (unpaired) electrons. The summed E-state index contributed by atoms with van der Waals surface area (Å²) in [7, 11) is -3.46. The molecular formula is C14H20N4O4S. The third kappa shape index (κ3) is 4.26. The third-order valence-corrected chi connectivity index (χ3v) is 5.07. The smallest absolute Gasteiger partial charge is 0.255 e. The number of hydrogen-bond donors (Lipinski definition) is 1. The summed E-state index contributed by atoms with van der Waals surface area (Å²) < 4.78 is 24.7. The first-order valence-corrected chi connectivity index (χ1v) is 8.99. The van der Waals surface area contributed by atoms with Crippen LogP contribution in [0.15, 0.2) is 18.3 Å². The Labute approximate surface area is 135 Å². The molecule has 2 amide bonds. The van der Waals surface area contributed by atoms with Crippen LogP contribution in [0.25, 0.3) is 0 Å². The zero-order valence-corrected chi connectivity index (χ0v) is 13.9. The molecule has 1 aromatic rings. The quantitative estimate of drug-likeness (QED) is 0.774. The van der Waals surface area contributed by atoms with Gasteiger partial charge in [-0.15, -0.1) is 0 Å². The van der Waals surface area contributed by atoms with Crippen molar-refractivity contribution in [3.63, 3.8) is 0 Å². The Morgan fingerprint density at radius 2 is 1.96 bits per heavy atom. The number of aromatic nitrogens is 1. The normalized spacial score (nSPS) is 20.1. The molecule has 2 N–H and O–H groups in total. The largest absolute Gasteiger partial charge is 0.369 e. The summed E-state index contributed by atoms with van der Waals surface area (Å²) in [5.74, 6) is -1.66. The highest BCUT2D eigenvalue weighted by Crippen LogP contribution is 2.15. The number of rotatable bonds is 3. The van der Waals surface area contributed by atoms with Crippen LogP contribution >= 0.6 is 0 Å². The van der Waals surface area contributed by atoms with Crippen LogP contribution in [0.3, 0.4) is 0 Å². The molecule has 9 heteroatoms. The molecule has 2 rings (SSSR count). The maximum Gasteiger partial charge on any atom is 0.255 e. The maximum absolute atomic E-state index is 12.6. The van der Waals surface area contributed by atoms with Crippen molar-refractivity contribution in [1.82, 2.24) is 14.2 Å². The summed E-state index contributed by atoms with van der Waals surface area (Å²) in [6.07, 6.45) is 2.54. The number of nitrogens with two attached hydrogens (primary N) is 1. The van der Waals surface area contributed by atoms with Crippen molar-refractivity contribution in [2.75, 3.05) is 32.4 Å². The minimum atomic E-state index is -3.46. The van der Waals surface area contributed by atoms with Gasteiger partial charge in [0.1, 0.15) is 0 Å². The predicted octanol–water partition coefficient (Wildman–Crippen LogP) is -0.791. The summed E-state index contributed by atoms with van der Waals surface area (Å²) in [4.78, 5) is 29.7. The molecule has 8 nitrogen and oxygen atoms in total. The lowest BCUT2D eigenvalue weighted by molar-refractivity contribution is -0.122. The highest BCUT2D eigenvalue weighted by Gasteiger charge is 2.32. The van der Waals surface area contributed by atoms with Crippen LogP contribution in [-0.2, 0) is 14.8 Å². The van der Waals surface area contributed by atoms with Crippen molar-refractivity contribution in [2.45, 2.75) is 6.92 Å². The Morgan fingerprint density at radius 1 is 1.26 bits per heavy atom. The van der Waals surface area contributed by atoms with Crippen LogP contribution in [-0.4, -0.2) is 66.9 Å². The molecule has 1 saturated heterocycles. The first kappa shape index (κ1) is 17.4. The summed E-state index contributed by atoms with van der Waals surface area (Å²) in [5, 5.41) is 0. The van der Waals surface area contributed by atoms with Gasteiger partial charge in [0.15, 0.2) is 0 Å². The fourth-order valence-electron chi connectivity index (χ4n) is 2.43. The lowest BCUT2D eigenvalue weighted by Crippen LogP contribution is -2.41. The highest BCUT2D eigenvalue weighted by atomic mass is 32.2. The van der Waals surface area contributed by atoms with Gasteiger partial charge in [0, 0.05) is 38.1 Å². The first-order chi connectivity index (χ1) is 10.7. The standard InChI is InChI=1S/C14H20N4O4S/c1-10-3-4-11(7-16-10)14(20)17-5-6-18(23(2,21)22)9-12(8-17)13(15)19/h3-4,7,12H,5-6,8-9H2,1-2H3,(H2,15,19). The third-order valence-electron chi connectivity index (χ3n) is 3.80. The second-order valence-electron chi connectivity index (χ2n) is 5.66. The number of sulfonamides is 1. The van der Waals surface area contributed by atoms with Crippen LogP contribution in [0.5, 0.6) is 0 Å². The van der Waals surface area contributed by atoms with E-state index < -0.39 is 21.8 Å². The number of nitrogens with zero attached hydrogens (tertiary/aromatic N) is 3. The molecule has 0 spiro atoms. The first-order valence-electron chi connectivity index (χ1n) is 7.15. The van der Waals surface area contributed by atoms with E-state index in [4.69, 9.17) is 5.73 Å². The SMILES string of the molecule is Cc1ccc(C(=O)N2CCN(S(C)(=O)=O)CC(C(N)=O)C2)cn1. The number of aryl methyl sites for hydroxylation is 1. The Balaban J connectivity index is 2.23. The molecule has 1 atom stereocenters. The lowest BCUT2D eigenvalue weighted by Gasteiger charge is -2.22. The molecule has 0 bridgehead atoms. The van der Waals surface area contributed by atoms with E-state index in [9.17, 15) is 18.0 Å². The highest BCUT2D eigenvalue weighted by molar-refractivity contribution is 7.88. The minimum Gasteiger partial charge on any atom is -0.369 e. The van der Waals surface area contributed by atoms with Gasteiger partial charge in [-0.3, -0.25) is 14.6 Å². The van der Waals surface area contributed by atoms with E-state index in [2.05, 4.69) is 4.98 Å². The molecule has 0 saturated carbocycles. The maximum atomic E-state index is 12.6. The molecule has 1 unspecified atom stereocenters. The van der Waals surface area contributed by atoms with Crippen LogP contribution < -0.4 is 5.73 Å². The molecule has 1 fully saturated rings. The zero-order valence-electron chi connectivity index (χ0n) is 13.1. The Hall–Kier alpha value is -2.00. The van der Waals surface area contributed by atoms with Gasteiger partial charge >= 0.3 is 0 Å². The van der Waals surface area contributed by atoms with Gasteiger partial charge in [0.2, 0.25) is 15.9 Å². The van der Waals surface area contributed by atoms with E-state index in [0.717, 1.165) is 11.9 Å². The molecular weight excluding hydrogens is 320 g/mol. The van der Waals surface area contributed by atoms with Crippen LogP contribution in [0, 0.1) is 12.8 Å². The van der Waals surface area contributed by atoms with E-state index in [1.807, 2.05) is 6.92 Å². The van der Waals surface area contributed by atoms with Crippen LogP contribution in [0.1, 0.15) is 16.1 Å². The minimum absolute atomic E-state index is 0.00983. The molecule has 0 aliphatic carbocycles. The van der Waals surface area contributed by atoms with Crippen molar-refractivity contribution in [3.8, 4) is 0 Å². The Bertz CT molecular complexity index is 702. The Morgan fingerprint density at radius 3 is 2.48 bits per heavy atom. The predicted molar refractivity (Wildman–Crippen MR) is 84.0 cm³/mol. The Kier molecular flexibility index (Phi) is 5.00. The summed E-state index contributed by atoms with van der Waals surface area (Å²) >= 11 is 0. The molecule has 1 aliphatic heterocycles. The van der Waals surface area contributed by atoms with Gasteiger partial charge < -0.3 is 10.6 Å².